The molecule has 6 heteroatoms. The molecule has 4 nitrogen and oxygen atoms in total. The smallest absolute Gasteiger partial charge is 0.255 e. The van der Waals surface area contributed by atoms with E-state index >= 15 is 0 Å². The molecular formula is C14H18BrClN2O2. The molecule has 0 heterocycles. The van der Waals surface area contributed by atoms with Crippen LogP contribution in [0.4, 0.5) is 0 Å². The number of carbonyl (C=O) groups is 2. The highest BCUT2D eigenvalue weighted by atomic mass is 79.9. The molecule has 1 rings (SSSR count). The van der Waals surface area contributed by atoms with Gasteiger partial charge in [-0.3, -0.25) is 9.59 Å². The van der Waals surface area contributed by atoms with Crippen LogP contribution in [0.15, 0.2) is 22.7 Å². The molecule has 0 aromatic heterocycles. The second-order valence-corrected chi connectivity index (χ2v) is 5.96. The standard InChI is InChI=1S/C14H18BrClN2O2/c1-4-18(8-13(19)17-9(2)3)14(20)11-6-5-10(16)7-12(11)15/h5-7,9H,4,8H2,1-3H3,(H,17,19). The van der Waals surface area contributed by atoms with E-state index in [0.717, 1.165) is 0 Å². The maximum Gasteiger partial charge on any atom is 0.255 e. The van der Waals surface area contributed by atoms with E-state index < -0.39 is 0 Å². The van der Waals surface area contributed by atoms with Gasteiger partial charge in [-0.15, -0.1) is 0 Å². The molecule has 1 N–H and O–H groups in total. The van der Waals surface area contributed by atoms with E-state index in [1.807, 2.05) is 20.8 Å². The van der Waals surface area contributed by atoms with Crippen molar-refractivity contribution in [3.8, 4) is 0 Å². The molecule has 1 aromatic carbocycles. The van der Waals surface area contributed by atoms with Crippen LogP contribution in [0.3, 0.4) is 0 Å². The Morgan fingerprint density at radius 2 is 2.05 bits per heavy atom. The molecule has 0 bridgehead atoms. The van der Waals surface area contributed by atoms with Gasteiger partial charge in [0.25, 0.3) is 5.91 Å². The lowest BCUT2D eigenvalue weighted by Gasteiger charge is -2.21. The third-order valence-corrected chi connectivity index (χ3v) is 3.51. The minimum Gasteiger partial charge on any atom is -0.352 e. The summed E-state index contributed by atoms with van der Waals surface area (Å²) < 4.78 is 0.623. The molecule has 0 radical (unpaired) electrons. The zero-order valence-corrected chi connectivity index (χ0v) is 14.1. The molecule has 0 saturated heterocycles. The monoisotopic (exact) mass is 360 g/mol. The second-order valence-electron chi connectivity index (χ2n) is 4.67. The largest absolute Gasteiger partial charge is 0.352 e. The Morgan fingerprint density at radius 3 is 2.55 bits per heavy atom. The zero-order valence-electron chi connectivity index (χ0n) is 11.7. The highest BCUT2D eigenvalue weighted by molar-refractivity contribution is 9.10. The molecule has 1 aromatic rings. The molecular weight excluding hydrogens is 344 g/mol. The Bertz CT molecular complexity index is 506. The van der Waals surface area contributed by atoms with Crippen molar-refractivity contribution in [3.05, 3.63) is 33.3 Å². The maximum absolute atomic E-state index is 12.4. The van der Waals surface area contributed by atoms with Gasteiger partial charge in [-0.25, -0.2) is 0 Å². The third kappa shape index (κ3) is 4.80. The normalized spacial score (nSPS) is 10.5. The number of hydrogen-bond acceptors (Lipinski definition) is 2. The molecule has 0 aliphatic heterocycles. The summed E-state index contributed by atoms with van der Waals surface area (Å²) >= 11 is 9.18. The minimum atomic E-state index is -0.199. The van der Waals surface area contributed by atoms with Crippen LogP contribution in [0.2, 0.25) is 5.02 Å². The van der Waals surface area contributed by atoms with Crippen LogP contribution < -0.4 is 5.32 Å². The van der Waals surface area contributed by atoms with Crippen LogP contribution in [-0.2, 0) is 4.79 Å². The van der Waals surface area contributed by atoms with E-state index in [-0.39, 0.29) is 24.4 Å². The van der Waals surface area contributed by atoms with Crippen molar-refractivity contribution in [1.82, 2.24) is 10.2 Å². The Labute approximate surface area is 132 Å². The Morgan fingerprint density at radius 1 is 1.40 bits per heavy atom. The number of nitrogens with one attached hydrogen (secondary N) is 1. The number of rotatable bonds is 5. The number of carbonyl (C=O) groups excluding carboxylic acids is 2. The summed E-state index contributed by atoms with van der Waals surface area (Å²) in [5, 5.41) is 3.32. The molecule has 0 aliphatic carbocycles. The highest BCUT2D eigenvalue weighted by Crippen LogP contribution is 2.22. The fraction of sp³-hybridized carbons (Fsp3) is 0.429. The predicted molar refractivity (Wildman–Crippen MR) is 84.0 cm³/mol. The lowest BCUT2D eigenvalue weighted by Crippen LogP contribution is -2.42. The van der Waals surface area contributed by atoms with Crippen molar-refractivity contribution in [2.45, 2.75) is 26.8 Å². The number of hydrogen-bond donors (Lipinski definition) is 1. The van der Waals surface area contributed by atoms with Gasteiger partial charge < -0.3 is 10.2 Å². The van der Waals surface area contributed by atoms with Crippen LogP contribution in [0, 0.1) is 0 Å². The van der Waals surface area contributed by atoms with Gasteiger partial charge in [-0.2, -0.15) is 0 Å². The van der Waals surface area contributed by atoms with E-state index in [1.54, 1.807) is 18.2 Å². The fourth-order valence-electron chi connectivity index (χ4n) is 1.70. The van der Waals surface area contributed by atoms with Gasteiger partial charge in [0.15, 0.2) is 0 Å². The van der Waals surface area contributed by atoms with Crippen molar-refractivity contribution in [2.24, 2.45) is 0 Å². The lowest BCUT2D eigenvalue weighted by atomic mass is 10.2. The summed E-state index contributed by atoms with van der Waals surface area (Å²) in [6.07, 6.45) is 0. The number of likely N-dealkylation sites (N-methyl/N-ethyl adjacent to an activating group) is 1. The number of amides is 2. The van der Waals surface area contributed by atoms with E-state index in [4.69, 9.17) is 11.6 Å². The Kier molecular flexibility index (Phi) is 6.49. The van der Waals surface area contributed by atoms with E-state index in [1.165, 1.54) is 4.90 Å². The van der Waals surface area contributed by atoms with Crippen molar-refractivity contribution < 1.29 is 9.59 Å². The van der Waals surface area contributed by atoms with Gasteiger partial charge in [0.2, 0.25) is 5.91 Å². The molecule has 0 unspecified atom stereocenters. The van der Waals surface area contributed by atoms with Crippen LogP contribution in [0.25, 0.3) is 0 Å². The fourth-order valence-corrected chi connectivity index (χ4v) is 2.55. The average molecular weight is 362 g/mol. The zero-order chi connectivity index (χ0) is 15.3. The molecule has 2 amide bonds. The van der Waals surface area contributed by atoms with E-state index in [2.05, 4.69) is 21.2 Å². The number of halogens is 2. The first-order valence-electron chi connectivity index (χ1n) is 6.38. The molecule has 0 saturated carbocycles. The van der Waals surface area contributed by atoms with Gasteiger partial charge in [-0.1, -0.05) is 11.6 Å². The Balaban J connectivity index is 2.84. The maximum atomic E-state index is 12.4. The first kappa shape index (κ1) is 17.0. The average Bonchev–Trinajstić information content (AvgIpc) is 2.34. The highest BCUT2D eigenvalue weighted by Gasteiger charge is 2.19. The summed E-state index contributed by atoms with van der Waals surface area (Å²) in [4.78, 5) is 25.7. The SMILES string of the molecule is CCN(CC(=O)NC(C)C)C(=O)c1ccc(Cl)cc1Br. The first-order valence-corrected chi connectivity index (χ1v) is 7.56. The van der Waals surface area contributed by atoms with Crippen LogP contribution in [0.1, 0.15) is 31.1 Å². The van der Waals surface area contributed by atoms with Crippen molar-refractivity contribution in [3.63, 3.8) is 0 Å². The molecule has 0 fully saturated rings. The molecule has 20 heavy (non-hydrogen) atoms. The van der Waals surface area contributed by atoms with Gasteiger partial charge >= 0.3 is 0 Å². The van der Waals surface area contributed by atoms with E-state index in [0.29, 0.717) is 21.6 Å². The van der Waals surface area contributed by atoms with E-state index in [9.17, 15) is 9.59 Å². The molecule has 110 valence electrons. The third-order valence-electron chi connectivity index (χ3n) is 2.61. The summed E-state index contributed by atoms with van der Waals surface area (Å²) in [6, 6.07) is 5.02. The number of nitrogens with zero attached hydrogens (tertiary/aromatic N) is 1. The lowest BCUT2D eigenvalue weighted by molar-refractivity contribution is -0.122. The van der Waals surface area contributed by atoms with Crippen LogP contribution in [0.5, 0.6) is 0 Å². The van der Waals surface area contributed by atoms with Crippen molar-refractivity contribution >= 4 is 39.3 Å². The van der Waals surface area contributed by atoms with Crippen LogP contribution >= 0.6 is 27.5 Å². The molecule has 0 spiro atoms. The van der Waals surface area contributed by atoms with Gasteiger partial charge in [0.05, 0.1) is 12.1 Å². The topological polar surface area (TPSA) is 49.4 Å². The van der Waals surface area contributed by atoms with Gasteiger partial charge in [0.1, 0.15) is 0 Å². The molecule has 0 aliphatic rings. The number of benzene rings is 1. The minimum absolute atomic E-state index is 0.0442. The van der Waals surface area contributed by atoms with Gasteiger partial charge in [-0.05, 0) is 54.9 Å². The summed E-state index contributed by atoms with van der Waals surface area (Å²) in [6.45, 7) is 6.10. The first-order chi connectivity index (χ1) is 9.35. The predicted octanol–water partition coefficient (Wildman–Crippen LogP) is 3.09. The summed E-state index contributed by atoms with van der Waals surface area (Å²) in [5.74, 6) is -0.366. The van der Waals surface area contributed by atoms with Crippen LogP contribution in [-0.4, -0.2) is 35.8 Å². The second kappa shape index (κ2) is 7.64. The summed E-state index contributed by atoms with van der Waals surface area (Å²) in [7, 11) is 0. The van der Waals surface area contributed by atoms with Crippen molar-refractivity contribution in [1.29, 1.82) is 0 Å². The Hall–Kier alpha value is -1.07. The molecule has 0 atom stereocenters. The van der Waals surface area contributed by atoms with Gasteiger partial charge in [0, 0.05) is 22.1 Å². The van der Waals surface area contributed by atoms with Crippen molar-refractivity contribution in [2.75, 3.05) is 13.1 Å². The quantitative estimate of drug-likeness (QED) is 0.876. The summed E-state index contributed by atoms with van der Waals surface area (Å²) in [5.41, 5.74) is 0.494.